The van der Waals surface area contributed by atoms with Gasteiger partial charge in [-0.1, -0.05) is 32.0 Å². The molecule has 1 N–H and O–H groups in total. The Morgan fingerprint density at radius 2 is 1.93 bits per heavy atom. The van der Waals surface area contributed by atoms with Gasteiger partial charge in [0.2, 0.25) is 0 Å². The topological polar surface area (TPSA) is 27.1 Å². The van der Waals surface area contributed by atoms with E-state index < -0.39 is 0 Å². The molecular weight excluding hydrogens is 184 g/mol. The van der Waals surface area contributed by atoms with Crippen LogP contribution in [0.2, 0.25) is 0 Å². The van der Waals surface area contributed by atoms with Crippen LogP contribution >= 0.6 is 0 Å². The van der Waals surface area contributed by atoms with E-state index in [1.54, 1.807) is 0 Å². The molecule has 1 aromatic carbocycles. The predicted octanol–water partition coefficient (Wildman–Crippen LogP) is 3.45. The van der Waals surface area contributed by atoms with Crippen LogP contribution in [0.3, 0.4) is 0 Å². The quantitative estimate of drug-likeness (QED) is 0.592. The lowest BCUT2D eigenvalue weighted by molar-refractivity contribution is 0.831. The maximum absolute atomic E-state index is 8.06. The molecule has 0 saturated carbocycles. The van der Waals surface area contributed by atoms with Crippen LogP contribution in [0.25, 0.3) is 0 Å². The van der Waals surface area contributed by atoms with E-state index in [1.165, 1.54) is 5.56 Å². The molecule has 15 heavy (non-hydrogen) atoms. The summed E-state index contributed by atoms with van der Waals surface area (Å²) in [5.74, 6) is 0.955. The fraction of sp³-hybridized carbons (Fsp3) is 0.462. The Morgan fingerprint density at radius 1 is 1.33 bits per heavy atom. The average Bonchev–Trinajstić information content (AvgIpc) is 2.21. The molecule has 0 amide bonds. The van der Waals surface area contributed by atoms with E-state index in [1.807, 2.05) is 12.1 Å². The van der Waals surface area contributed by atoms with Gasteiger partial charge >= 0.3 is 0 Å². The SMILES string of the molecule is CCN(C(=N)C(C)C)c1ccccc1C. The van der Waals surface area contributed by atoms with Crippen molar-refractivity contribution in [2.45, 2.75) is 27.7 Å². The largest absolute Gasteiger partial charge is 0.330 e. The summed E-state index contributed by atoms with van der Waals surface area (Å²) in [5, 5.41) is 8.06. The molecule has 0 fully saturated rings. The number of aryl methyl sites for hydroxylation is 1. The van der Waals surface area contributed by atoms with Gasteiger partial charge in [0.1, 0.15) is 5.84 Å². The molecule has 2 nitrogen and oxygen atoms in total. The highest BCUT2D eigenvalue weighted by molar-refractivity contribution is 5.97. The monoisotopic (exact) mass is 204 g/mol. The molecule has 0 saturated heterocycles. The summed E-state index contributed by atoms with van der Waals surface area (Å²) in [4.78, 5) is 2.07. The third kappa shape index (κ3) is 2.58. The lowest BCUT2D eigenvalue weighted by Crippen LogP contribution is -2.33. The van der Waals surface area contributed by atoms with E-state index >= 15 is 0 Å². The van der Waals surface area contributed by atoms with Crippen molar-refractivity contribution < 1.29 is 0 Å². The Morgan fingerprint density at radius 3 is 2.40 bits per heavy atom. The minimum absolute atomic E-state index is 0.268. The van der Waals surface area contributed by atoms with Crippen LogP contribution < -0.4 is 4.90 Å². The van der Waals surface area contributed by atoms with Gasteiger partial charge in [-0.3, -0.25) is 5.41 Å². The van der Waals surface area contributed by atoms with Crippen molar-refractivity contribution in [3.8, 4) is 0 Å². The van der Waals surface area contributed by atoms with E-state index in [0.717, 1.165) is 12.2 Å². The lowest BCUT2D eigenvalue weighted by Gasteiger charge is -2.27. The number of anilines is 1. The van der Waals surface area contributed by atoms with Crippen molar-refractivity contribution in [3.63, 3.8) is 0 Å². The van der Waals surface area contributed by atoms with Gasteiger partial charge in [-0.05, 0) is 25.5 Å². The first-order chi connectivity index (χ1) is 7.07. The maximum Gasteiger partial charge on any atom is 0.103 e. The molecule has 0 atom stereocenters. The molecular formula is C13H20N2. The first-order valence-electron chi connectivity index (χ1n) is 5.49. The third-order valence-corrected chi connectivity index (χ3v) is 2.56. The summed E-state index contributed by atoms with van der Waals surface area (Å²) in [7, 11) is 0. The molecule has 0 bridgehead atoms. The highest BCUT2D eigenvalue weighted by Gasteiger charge is 2.14. The first-order valence-corrected chi connectivity index (χ1v) is 5.49. The Hall–Kier alpha value is -1.31. The second kappa shape index (κ2) is 4.96. The number of para-hydroxylation sites is 1. The number of amidine groups is 1. The minimum Gasteiger partial charge on any atom is -0.330 e. The van der Waals surface area contributed by atoms with Gasteiger partial charge in [0.15, 0.2) is 0 Å². The highest BCUT2D eigenvalue weighted by Crippen LogP contribution is 2.20. The molecule has 82 valence electrons. The zero-order chi connectivity index (χ0) is 11.4. The van der Waals surface area contributed by atoms with Crippen molar-refractivity contribution in [3.05, 3.63) is 29.8 Å². The van der Waals surface area contributed by atoms with E-state index in [-0.39, 0.29) is 5.92 Å². The Labute approximate surface area is 92.4 Å². The Bertz CT molecular complexity index is 342. The van der Waals surface area contributed by atoms with E-state index in [9.17, 15) is 0 Å². The fourth-order valence-corrected chi connectivity index (χ4v) is 1.65. The number of nitrogens with zero attached hydrogens (tertiary/aromatic N) is 1. The fourth-order valence-electron chi connectivity index (χ4n) is 1.65. The van der Waals surface area contributed by atoms with Crippen LogP contribution in [0.4, 0.5) is 5.69 Å². The molecule has 0 aliphatic carbocycles. The molecule has 0 spiro atoms. The zero-order valence-corrected chi connectivity index (χ0v) is 10.0. The van der Waals surface area contributed by atoms with Gasteiger partial charge in [-0.15, -0.1) is 0 Å². The van der Waals surface area contributed by atoms with Gasteiger partial charge < -0.3 is 4.90 Å². The predicted molar refractivity (Wildman–Crippen MR) is 66.8 cm³/mol. The van der Waals surface area contributed by atoms with E-state index in [2.05, 4.69) is 44.7 Å². The summed E-state index contributed by atoms with van der Waals surface area (Å²) in [6.45, 7) is 9.14. The van der Waals surface area contributed by atoms with Crippen molar-refractivity contribution >= 4 is 11.5 Å². The molecule has 0 heterocycles. The molecule has 0 aliphatic rings. The van der Waals surface area contributed by atoms with Gasteiger partial charge in [-0.2, -0.15) is 0 Å². The molecule has 0 unspecified atom stereocenters. The number of nitrogens with one attached hydrogen (secondary N) is 1. The van der Waals surface area contributed by atoms with Crippen LogP contribution in [0.15, 0.2) is 24.3 Å². The molecule has 0 aromatic heterocycles. The number of hydrogen-bond acceptors (Lipinski definition) is 1. The van der Waals surface area contributed by atoms with Crippen LogP contribution in [-0.4, -0.2) is 12.4 Å². The van der Waals surface area contributed by atoms with E-state index in [4.69, 9.17) is 5.41 Å². The van der Waals surface area contributed by atoms with Crippen LogP contribution in [0, 0.1) is 18.3 Å². The molecule has 1 rings (SSSR count). The Balaban J connectivity index is 3.03. The van der Waals surface area contributed by atoms with Gasteiger partial charge in [0.25, 0.3) is 0 Å². The zero-order valence-electron chi connectivity index (χ0n) is 10.0. The van der Waals surface area contributed by atoms with Gasteiger partial charge in [0, 0.05) is 18.2 Å². The van der Waals surface area contributed by atoms with Gasteiger partial charge in [-0.25, -0.2) is 0 Å². The van der Waals surface area contributed by atoms with Crippen LogP contribution in [0.1, 0.15) is 26.3 Å². The van der Waals surface area contributed by atoms with Crippen molar-refractivity contribution in [1.29, 1.82) is 5.41 Å². The molecule has 0 aliphatic heterocycles. The summed E-state index contributed by atoms with van der Waals surface area (Å²) >= 11 is 0. The summed E-state index contributed by atoms with van der Waals surface area (Å²) in [5.41, 5.74) is 2.38. The Kier molecular flexibility index (Phi) is 3.89. The minimum atomic E-state index is 0.268. The first kappa shape index (κ1) is 11.8. The van der Waals surface area contributed by atoms with E-state index in [0.29, 0.717) is 5.84 Å². The summed E-state index contributed by atoms with van der Waals surface area (Å²) in [6.07, 6.45) is 0. The highest BCUT2D eigenvalue weighted by atomic mass is 15.2. The lowest BCUT2D eigenvalue weighted by atomic mass is 10.1. The van der Waals surface area contributed by atoms with Gasteiger partial charge in [0.05, 0.1) is 0 Å². The van der Waals surface area contributed by atoms with Crippen LogP contribution in [0.5, 0.6) is 0 Å². The smallest absolute Gasteiger partial charge is 0.103 e. The second-order valence-electron chi connectivity index (χ2n) is 4.07. The number of hydrogen-bond donors (Lipinski definition) is 1. The molecule has 1 aromatic rings. The molecule has 0 radical (unpaired) electrons. The standard InChI is InChI=1S/C13H20N2/c1-5-15(13(14)10(2)3)12-9-7-6-8-11(12)4/h6-10,14H,5H2,1-4H3. The third-order valence-electron chi connectivity index (χ3n) is 2.56. The van der Waals surface area contributed by atoms with Crippen molar-refractivity contribution in [1.82, 2.24) is 0 Å². The summed E-state index contributed by atoms with van der Waals surface area (Å²) in [6, 6.07) is 8.23. The number of rotatable bonds is 3. The molecule has 2 heteroatoms. The number of benzene rings is 1. The van der Waals surface area contributed by atoms with Crippen molar-refractivity contribution in [2.75, 3.05) is 11.4 Å². The second-order valence-corrected chi connectivity index (χ2v) is 4.07. The normalized spacial score (nSPS) is 10.5. The van der Waals surface area contributed by atoms with Crippen molar-refractivity contribution in [2.24, 2.45) is 5.92 Å². The summed E-state index contributed by atoms with van der Waals surface area (Å²) < 4.78 is 0. The van der Waals surface area contributed by atoms with Crippen LogP contribution in [-0.2, 0) is 0 Å². The average molecular weight is 204 g/mol. The maximum atomic E-state index is 8.06.